The SMILES string of the molecule is Cc1cccc(N2CC(S(=O)(=O)Cl)CC2=O)c1C. The van der Waals surface area contributed by atoms with Crippen molar-refractivity contribution in [2.24, 2.45) is 0 Å². The molecule has 0 bridgehead atoms. The Kier molecular flexibility index (Phi) is 3.38. The molecule has 1 atom stereocenters. The summed E-state index contributed by atoms with van der Waals surface area (Å²) in [5, 5.41) is -0.813. The Hall–Kier alpha value is -1.07. The molecule has 0 radical (unpaired) electrons. The average molecular weight is 288 g/mol. The van der Waals surface area contributed by atoms with E-state index < -0.39 is 14.3 Å². The van der Waals surface area contributed by atoms with Gasteiger partial charge in [-0.2, -0.15) is 0 Å². The van der Waals surface area contributed by atoms with Crippen molar-refractivity contribution in [3.05, 3.63) is 29.3 Å². The van der Waals surface area contributed by atoms with Gasteiger partial charge in [-0.05, 0) is 31.0 Å². The Morgan fingerprint density at radius 3 is 2.56 bits per heavy atom. The maximum absolute atomic E-state index is 11.9. The van der Waals surface area contributed by atoms with Crippen LogP contribution in [0.5, 0.6) is 0 Å². The molecule has 0 N–H and O–H groups in total. The van der Waals surface area contributed by atoms with Crippen LogP contribution in [0, 0.1) is 13.8 Å². The second kappa shape index (κ2) is 4.55. The third-order valence-electron chi connectivity index (χ3n) is 3.35. The third-order valence-corrected chi connectivity index (χ3v) is 5.22. The van der Waals surface area contributed by atoms with Crippen LogP contribution in [-0.4, -0.2) is 26.1 Å². The Balaban J connectivity index is 2.36. The number of hydrogen-bond acceptors (Lipinski definition) is 3. The molecule has 4 nitrogen and oxygen atoms in total. The summed E-state index contributed by atoms with van der Waals surface area (Å²) in [6.07, 6.45) is -0.0424. The molecule has 0 spiro atoms. The zero-order valence-electron chi connectivity index (χ0n) is 10.2. The molecule has 1 aliphatic rings. The highest BCUT2D eigenvalue weighted by Gasteiger charge is 2.38. The summed E-state index contributed by atoms with van der Waals surface area (Å²) >= 11 is 0. The molecule has 18 heavy (non-hydrogen) atoms. The van der Waals surface area contributed by atoms with Crippen LogP contribution in [0.2, 0.25) is 0 Å². The van der Waals surface area contributed by atoms with Gasteiger partial charge in [0.05, 0.1) is 0 Å². The molecule has 1 saturated heterocycles. The van der Waals surface area contributed by atoms with Crippen LogP contribution < -0.4 is 4.90 Å². The van der Waals surface area contributed by atoms with Crippen molar-refractivity contribution in [2.45, 2.75) is 25.5 Å². The molecule has 1 fully saturated rings. The minimum Gasteiger partial charge on any atom is -0.311 e. The Labute approximate surface area is 111 Å². The quantitative estimate of drug-likeness (QED) is 0.782. The fourth-order valence-corrected chi connectivity index (χ4v) is 3.15. The number of benzene rings is 1. The van der Waals surface area contributed by atoms with Crippen molar-refractivity contribution in [3.63, 3.8) is 0 Å². The van der Waals surface area contributed by atoms with E-state index in [2.05, 4.69) is 0 Å². The van der Waals surface area contributed by atoms with Crippen molar-refractivity contribution in [1.82, 2.24) is 0 Å². The summed E-state index contributed by atoms with van der Waals surface area (Å²) in [5.74, 6) is -0.196. The summed E-state index contributed by atoms with van der Waals surface area (Å²) in [7, 11) is 1.63. The van der Waals surface area contributed by atoms with E-state index in [-0.39, 0.29) is 18.9 Å². The molecule has 1 aromatic carbocycles. The van der Waals surface area contributed by atoms with Crippen LogP contribution in [0.25, 0.3) is 0 Å². The summed E-state index contributed by atoms with van der Waals surface area (Å²) < 4.78 is 22.6. The van der Waals surface area contributed by atoms with E-state index in [0.717, 1.165) is 16.8 Å². The summed E-state index contributed by atoms with van der Waals surface area (Å²) in [6.45, 7) is 4.00. The Morgan fingerprint density at radius 2 is 2.00 bits per heavy atom. The molecule has 0 aromatic heterocycles. The summed E-state index contributed by atoms with van der Waals surface area (Å²) in [4.78, 5) is 13.4. The first-order valence-corrected chi connectivity index (χ1v) is 7.98. The number of anilines is 1. The lowest BCUT2D eigenvalue weighted by Crippen LogP contribution is -2.27. The number of hydrogen-bond donors (Lipinski definition) is 0. The number of aryl methyl sites for hydroxylation is 1. The van der Waals surface area contributed by atoms with Gasteiger partial charge in [0.15, 0.2) is 0 Å². The van der Waals surface area contributed by atoms with Crippen LogP contribution in [0.1, 0.15) is 17.5 Å². The van der Waals surface area contributed by atoms with E-state index in [1.54, 1.807) is 0 Å². The van der Waals surface area contributed by atoms with Gasteiger partial charge in [-0.25, -0.2) is 8.42 Å². The van der Waals surface area contributed by atoms with Gasteiger partial charge < -0.3 is 4.90 Å². The van der Waals surface area contributed by atoms with Crippen molar-refractivity contribution >= 4 is 31.3 Å². The highest BCUT2D eigenvalue weighted by molar-refractivity contribution is 8.14. The number of nitrogens with zero attached hydrogens (tertiary/aromatic N) is 1. The lowest BCUT2D eigenvalue weighted by Gasteiger charge is -2.19. The molecule has 98 valence electrons. The molecule has 1 unspecified atom stereocenters. The third kappa shape index (κ3) is 2.37. The molecule has 1 heterocycles. The van der Waals surface area contributed by atoms with Crippen LogP contribution in [-0.2, 0) is 13.8 Å². The van der Waals surface area contributed by atoms with Gasteiger partial charge in [0, 0.05) is 29.3 Å². The smallest absolute Gasteiger partial charge is 0.237 e. The first kappa shape index (κ1) is 13.4. The largest absolute Gasteiger partial charge is 0.311 e. The summed E-state index contributed by atoms with van der Waals surface area (Å²) in [5.41, 5.74) is 2.82. The molecule has 1 aromatic rings. The van der Waals surface area contributed by atoms with Gasteiger partial charge in [0.25, 0.3) is 0 Å². The predicted octanol–water partition coefficient (Wildman–Crippen LogP) is 1.98. The van der Waals surface area contributed by atoms with Gasteiger partial charge in [0.2, 0.25) is 15.0 Å². The highest BCUT2D eigenvalue weighted by atomic mass is 35.7. The summed E-state index contributed by atoms with van der Waals surface area (Å²) in [6, 6.07) is 5.63. The molecule has 0 saturated carbocycles. The van der Waals surface area contributed by atoms with E-state index in [9.17, 15) is 13.2 Å². The van der Waals surface area contributed by atoms with Gasteiger partial charge in [-0.1, -0.05) is 12.1 Å². The highest BCUT2D eigenvalue weighted by Crippen LogP contribution is 2.30. The standard InChI is InChI=1S/C12H14ClNO3S/c1-8-4-3-5-11(9(8)2)14-7-10(6-12(14)15)18(13,16)17/h3-5,10H,6-7H2,1-2H3. The second-order valence-electron chi connectivity index (χ2n) is 4.53. The number of carbonyl (C=O) groups is 1. The van der Waals surface area contributed by atoms with Crippen molar-refractivity contribution in [2.75, 3.05) is 11.4 Å². The zero-order chi connectivity index (χ0) is 13.5. The first-order chi connectivity index (χ1) is 8.30. The minimum atomic E-state index is -3.69. The van der Waals surface area contributed by atoms with Crippen LogP contribution in [0.15, 0.2) is 18.2 Å². The maximum Gasteiger partial charge on any atom is 0.237 e. The molecular weight excluding hydrogens is 274 g/mol. The molecular formula is C12H14ClNO3S. The molecule has 1 aliphatic heterocycles. The van der Waals surface area contributed by atoms with E-state index in [4.69, 9.17) is 10.7 Å². The van der Waals surface area contributed by atoms with Gasteiger partial charge in [-0.15, -0.1) is 0 Å². The van der Waals surface area contributed by atoms with Crippen molar-refractivity contribution < 1.29 is 13.2 Å². The maximum atomic E-state index is 11.9. The molecule has 1 amide bonds. The Bertz CT molecular complexity index is 597. The van der Waals surface area contributed by atoms with Crippen LogP contribution in [0.3, 0.4) is 0 Å². The molecule has 2 rings (SSSR count). The van der Waals surface area contributed by atoms with Crippen molar-refractivity contribution in [3.8, 4) is 0 Å². The normalized spacial score (nSPS) is 20.5. The van der Waals surface area contributed by atoms with Crippen LogP contribution in [0.4, 0.5) is 5.69 Å². The van der Waals surface area contributed by atoms with E-state index in [1.165, 1.54) is 4.90 Å². The fourth-order valence-electron chi connectivity index (χ4n) is 2.12. The van der Waals surface area contributed by atoms with Crippen molar-refractivity contribution in [1.29, 1.82) is 0 Å². The minimum absolute atomic E-state index is 0.0424. The monoisotopic (exact) mass is 287 g/mol. The number of halogens is 1. The van der Waals surface area contributed by atoms with Gasteiger partial charge >= 0.3 is 0 Å². The first-order valence-electron chi connectivity index (χ1n) is 5.60. The van der Waals surface area contributed by atoms with E-state index in [0.29, 0.717) is 0 Å². The van der Waals surface area contributed by atoms with Gasteiger partial charge in [-0.3, -0.25) is 4.79 Å². The van der Waals surface area contributed by atoms with Gasteiger partial charge in [0.1, 0.15) is 5.25 Å². The number of amides is 1. The second-order valence-corrected chi connectivity index (χ2v) is 7.43. The van der Waals surface area contributed by atoms with E-state index >= 15 is 0 Å². The molecule has 0 aliphatic carbocycles. The lowest BCUT2D eigenvalue weighted by atomic mass is 10.1. The lowest BCUT2D eigenvalue weighted by molar-refractivity contribution is -0.117. The topological polar surface area (TPSA) is 54.5 Å². The number of rotatable bonds is 2. The van der Waals surface area contributed by atoms with Crippen LogP contribution >= 0.6 is 10.7 Å². The zero-order valence-corrected chi connectivity index (χ0v) is 11.8. The predicted molar refractivity (Wildman–Crippen MR) is 71.4 cm³/mol. The van der Waals surface area contributed by atoms with E-state index in [1.807, 2.05) is 32.0 Å². The Morgan fingerprint density at radius 1 is 1.33 bits per heavy atom. The number of carbonyl (C=O) groups excluding carboxylic acids is 1. The molecule has 6 heteroatoms. The average Bonchev–Trinajstić information content (AvgIpc) is 2.64. The fraction of sp³-hybridized carbons (Fsp3) is 0.417.